The third kappa shape index (κ3) is 3.62. The molecule has 0 saturated heterocycles. The number of rotatable bonds is 5. The highest BCUT2D eigenvalue weighted by molar-refractivity contribution is 6.35. The average molecular weight is 311 g/mol. The molecule has 2 aromatic carbocycles. The molecule has 6 heteroatoms. The van der Waals surface area contributed by atoms with Gasteiger partial charge in [0.05, 0.1) is 15.6 Å². The van der Waals surface area contributed by atoms with Crippen molar-refractivity contribution in [2.24, 2.45) is 0 Å². The van der Waals surface area contributed by atoms with Crippen molar-refractivity contribution >= 4 is 34.6 Å². The summed E-state index contributed by atoms with van der Waals surface area (Å²) in [6.45, 7) is 0.533. The van der Waals surface area contributed by atoms with E-state index in [4.69, 9.17) is 23.2 Å². The Morgan fingerprint density at radius 3 is 2.65 bits per heavy atom. The largest absolute Gasteiger partial charge is 0.383 e. The predicted octanol–water partition coefficient (Wildman–Crippen LogP) is 4.56. The number of nitro groups is 1. The molecule has 0 heterocycles. The molecule has 2 aromatic rings. The molecule has 0 unspecified atom stereocenters. The Bertz CT molecular complexity index is 632. The summed E-state index contributed by atoms with van der Waals surface area (Å²) in [5.74, 6) is 0. The van der Waals surface area contributed by atoms with Gasteiger partial charge in [0.15, 0.2) is 0 Å². The molecular weight excluding hydrogens is 299 g/mol. The molecule has 0 fully saturated rings. The minimum atomic E-state index is -0.373. The quantitative estimate of drug-likeness (QED) is 0.650. The van der Waals surface area contributed by atoms with Gasteiger partial charge in [-0.2, -0.15) is 0 Å². The van der Waals surface area contributed by atoms with Crippen LogP contribution in [-0.2, 0) is 6.42 Å². The second-order valence-electron chi connectivity index (χ2n) is 4.19. The van der Waals surface area contributed by atoms with E-state index >= 15 is 0 Å². The zero-order valence-corrected chi connectivity index (χ0v) is 12.0. The van der Waals surface area contributed by atoms with Crippen LogP contribution in [0.2, 0.25) is 10.0 Å². The number of benzene rings is 2. The molecule has 4 nitrogen and oxygen atoms in total. The molecule has 0 aromatic heterocycles. The van der Waals surface area contributed by atoms with Crippen molar-refractivity contribution in [1.82, 2.24) is 0 Å². The smallest absolute Gasteiger partial charge is 0.272 e. The van der Waals surface area contributed by atoms with Crippen LogP contribution in [0, 0.1) is 10.1 Å². The number of anilines is 1. The van der Waals surface area contributed by atoms with Crippen LogP contribution in [0.4, 0.5) is 11.4 Å². The number of halogens is 2. The second-order valence-corrected chi connectivity index (χ2v) is 5.03. The van der Waals surface area contributed by atoms with Crippen LogP contribution in [0.1, 0.15) is 5.56 Å². The molecule has 104 valence electrons. The van der Waals surface area contributed by atoms with Gasteiger partial charge in [0.25, 0.3) is 5.69 Å². The van der Waals surface area contributed by atoms with Crippen molar-refractivity contribution in [3.05, 3.63) is 68.2 Å². The van der Waals surface area contributed by atoms with Gasteiger partial charge in [0.1, 0.15) is 0 Å². The maximum absolute atomic E-state index is 10.9. The zero-order valence-electron chi connectivity index (χ0n) is 10.5. The predicted molar refractivity (Wildman–Crippen MR) is 81.8 cm³/mol. The van der Waals surface area contributed by atoms with E-state index in [0.717, 1.165) is 5.69 Å². The Balaban J connectivity index is 2.03. The lowest BCUT2D eigenvalue weighted by Crippen LogP contribution is -2.07. The summed E-state index contributed by atoms with van der Waals surface area (Å²) in [5, 5.41) is 15.2. The van der Waals surface area contributed by atoms with E-state index in [1.165, 1.54) is 6.07 Å². The number of nitro benzene ring substituents is 1. The first-order chi connectivity index (χ1) is 9.58. The number of nitrogens with zero attached hydrogens (tertiary/aromatic N) is 1. The first-order valence-electron chi connectivity index (χ1n) is 5.99. The van der Waals surface area contributed by atoms with Crippen LogP contribution in [0.5, 0.6) is 0 Å². The summed E-state index contributed by atoms with van der Waals surface area (Å²) in [7, 11) is 0. The number of hydrogen-bond acceptors (Lipinski definition) is 3. The second kappa shape index (κ2) is 6.59. The van der Waals surface area contributed by atoms with Gasteiger partial charge in [-0.3, -0.25) is 10.1 Å². The molecule has 0 aliphatic rings. The van der Waals surface area contributed by atoms with E-state index in [-0.39, 0.29) is 10.6 Å². The summed E-state index contributed by atoms with van der Waals surface area (Å²) >= 11 is 11.9. The van der Waals surface area contributed by atoms with Crippen LogP contribution in [0.15, 0.2) is 42.5 Å². The molecule has 0 spiro atoms. The molecule has 1 N–H and O–H groups in total. The molecule has 2 rings (SSSR count). The minimum absolute atomic E-state index is 0.131. The third-order valence-corrected chi connectivity index (χ3v) is 3.39. The molecule has 0 aliphatic heterocycles. The van der Waals surface area contributed by atoms with E-state index in [0.29, 0.717) is 28.6 Å². The third-order valence-electron chi connectivity index (χ3n) is 2.83. The minimum Gasteiger partial charge on any atom is -0.383 e. The van der Waals surface area contributed by atoms with Crippen LogP contribution >= 0.6 is 23.2 Å². The first kappa shape index (κ1) is 14.6. The topological polar surface area (TPSA) is 55.2 Å². The van der Waals surface area contributed by atoms with Gasteiger partial charge in [-0.15, -0.1) is 0 Å². The van der Waals surface area contributed by atoms with Gasteiger partial charge in [0, 0.05) is 23.2 Å². The molecule has 0 bridgehead atoms. The van der Waals surface area contributed by atoms with Crippen LogP contribution < -0.4 is 5.32 Å². The van der Waals surface area contributed by atoms with E-state index < -0.39 is 0 Å². The molecule has 0 amide bonds. The van der Waals surface area contributed by atoms with Crippen LogP contribution in [0.3, 0.4) is 0 Å². The van der Waals surface area contributed by atoms with E-state index in [9.17, 15) is 10.1 Å². The monoisotopic (exact) mass is 310 g/mol. The number of nitrogens with one attached hydrogen (secondary N) is 1. The summed E-state index contributed by atoms with van der Waals surface area (Å²) in [6, 6.07) is 11.8. The summed E-state index contributed by atoms with van der Waals surface area (Å²) < 4.78 is 0. The summed E-state index contributed by atoms with van der Waals surface area (Å²) in [5.41, 5.74) is 1.53. The Labute approximate surface area is 126 Å². The summed E-state index contributed by atoms with van der Waals surface area (Å²) in [6.07, 6.45) is 0.528. The molecular formula is C14H12Cl2N2O2. The van der Waals surface area contributed by atoms with Crippen molar-refractivity contribution in [1.29, 1.82) is 0 Å². The van der Waals surface area contributed by atoms with Crippen LogP contribution in [-0.4, -0.2) is 11.5 Å². The lowest BCUT2D eigenvalue weighted by atomic mass is 10.1. The van der Waals surface area contributed by atoms with Gasteiger partial charge < -0.3 is 5.32 Å². The molecule has 20 heavy (non-hydrogen) atoms. The van der Waals surface area contributed by atoms with Crippen molar-refractivity contribution in [3.63, 3.8) is 0 Å². The van der Waals surface area contributed by atoms with Crippen molar-refractivity contribution < 1.29 is 4.92 Å². The van der Waals surface area contributed by atoms with Crippen molar-refractivity contribution in [2.75, 3.05) is 11.9 Å². The van der Waals surface area contributed by atoms with E-state index in [1.807, 2.05) is 0 Å². The van der Waals surface area contributed by atoms with E-state index in [1.54, 1.807) is 36.4 Å². The van der Waals surface area contributed by atoms with Gasteiger partial charge in [-0.25, -0.2) is 0 Å². The SMILES string of the molecule is O=[N+]([O-])c1ccccc1CCNc1cc(Cl)ccc1Cl. The van der Waals surface area contributed by atoms with Crippen molar-refractivity contribution in [3.8, 4) is 0 Å². The Kier molecular flexibility index (Phi) is 4.82. The molecule has 0 aliphatic carbocycles. The highest BCUT2D eigenvalue weighted by Gasteiger charge is 2.11. The standard InChI is InChI=1S/C14H12Cl2N2O2/c15-11-5-6-12(16)13(9-11)17-8-7-10-3-1-2-4-14(10)18(19)20/h1-6,9,17H,7-8H2. The molecule has 0 radical (unpaired) electrons. The lowest BCUT2D eigenvalue weighted by Gasteiger charge is -2.09. The Hall–Kier alpha value is -1.78. The molecule has 0 atom stereocenters. The lowest BCUT2D eigenvalue weighted by molar-refractivity contribution is -0.385. The highest BCUT2D eigenvalue weighted by atomic mass is 35.5. The maximum Gasteiger partial charge on any atom is 0.272 e. The van der Waals surface area contributed by atoms with Gasteiger partial charge in [0.2, 0.25) is 0 Å². The highest BCUT2D eigenvalue weighted by Crippen LogP contribution is 2.25. The number of hydrogen-bond donors (Lipinski definition) is 1. The fourth-order valence-electron chi connectivity index (χ4n) is 1.87. The van der Waals surface area contributed by atoms with Crippen LogP contribution in [0.25, 0.3) is 0 Å². The number of para-hydroxylation sites is 1. The average Bonchev–Trinajstić information content (AvgIpc) is 2.43. The normalized spacial score (nSPS) is 10.3. The maximum atomic E-state index is 10.9. The van der Waals surface area contributed by atoms with Crippen molar-refractivity contribution in [2.45, 2.75) is 6.42 Å². The van der Waals surface area contributed by atoms with Gasteiger partial charge >= 0.3 is 0 Å². The fraction of sp³-hybridized carbons (Fsp3) is 0.143. The van der Waals surface area contributed by atoms with Gasteiger partial charge in [-0.1, -0.05) is 41.4 Å². The molecule has 0 saturated carbocycles. The van der Waals surface area contributed by atoms with E-state index in [2.05, 4.69) is 5.32 Å². The Morgan fingerprint density at radius 1 is 1.15 bits per heavy atom. The van der Waals surface area contributed by atoms with Gasteiger partial charge in [-0.05, 0) is 24.6 Å². The zero-order chi connectivity index (χ0) is 14.5. The first-order valence-corrected chi connectivity index (χ1v) is 6.75. The summed E-state index contributed by atoms with van der Waals surface area (Å²) in [4.78, 5) is 10.5. The fourth-order valence-corrected chi connectivity index (χ4v) is 2.22. The Morgan fingerprint density at radius 2 is 1.90 bits per heavy atom.